The number of fused-ring (bicyclic) bond motifs is 3. The monoisotopic (exact) mass is 633 g/mol. The van der Waals surface area contributed by atoms with Crippen LogP contribution in [0.2, 0.25) is 0 Å². The van der Waals surface area contributed by atoms with E-state index in [2.05, 4.69) is 15.4 Å². The van der Waals surface area contributed by atoms with Gasteiger partial charge < -0.3 is 24.8 Å². The zero-order chi connectivity index (χ0) is 32.4. The molecule has 4 heterocycles. The van der Waals surface area contributed by atoms with E-state index in [-0.39, 0.29) is 69.1 Å². The molecule has 242 valence electrons. The van der Waals surface area contributed by atoms with E-state index in [1.54, 1.807) is 10.00 Å². The van der Waals surface area contributed by atoms with Gasteiger partial charge in [0.1, 0.15) is 11.6 Å². The first-order chi connectivity index (χ1) is 20.6. The molecule has 2 aliphatic heterocycles. The van der Waals surface area contributed by atoms with Crippen molar-refractivity contribution in [1.82, 2.24) is 20.1 Å². The van der Waals surface area contributed by atoms with E-state index in [1.165, 1.54) is 16.7 Å². The molecule has 2 N–H and O–H groups in total. The molecule has 0 aromatic carbocycles. The number of H-pyrrole nitrogens is 1. The summed E-state index contributed by atoms with van der Waals surface area (Å²) in [7, 11) is 0. The summed E-state index contributed by atoms with van der Waals surface area (Å²) in [5, 5.41) is 7.69. The minimum absolute atomic E-state index is 0.00567. The molecule has 4 rings (SSSR count). The molecule has 11 nitrogen and oxygen atoms in total. The average Bonchev–Trinajstić information content (AvgIpc) is 2.93. The molecule has 2 aromatic heterocycles. The molecule has 0 spiro atoms. The van der Waals surface area contributed by atoms with Crippen LogP contribution in [0.5, 0.6) is 0 Å². The third-order valence-corrected chi connectivity index (χ3v) is 7.32. The van der Waals surface area contributed by atoms with E-state index in [4.69, 9.17) is 4.74 Å². The lowest BCUT2D eigenvalue weighted by Gasteiger charge is -2.47. The molecule has 44 heavy (non-hydrogen) atoms. The molecule has 17 heteroatoms. The number of alkyl halides is 6. The Kier molecular flexibility index (Phi) is 9.75. The average molecular weight is 634 g/mol. The number of amides is 2. The second kappa shape index (κ2) is 13.0. The van der Waals surface area contributed by atoms with Crippen molar-refractivity contribution in [1.29, 1.82) is 0 Å². The fourth-order valence-electron chi connectivity index (χ4n) is 5.09. The largest absolute Gasteiger partial charge is 0.423 e. The normalized spacial score (nSPS) is 17.9. The van der Waals surface area contributed by atoms with Gasteiger partial charge in [-0.15, -0.1) is 0 Å². The predicted octanol–water partition coefficient (Wildman–Crippen LogP) is 3.52. The number of carbonyl (C=O) groups excluding carboxylic acids is 2. The fraction of sp³-hybridized carbons (Fsp3) is 0.593. The Labute approximate surface area is 248 Å². The van der Waals surface area contributed by atoms with Crippen LogP contribution in [0, 0.1) is 5.92 Å². The van der Waals surface area contributed by atoms with Crippen LogP contribution in [-0.4, -0.2) is 83.4 Å². The highest BCUT2D eigenvalue weighted by atomic mass is 19.4. The molecule has 0 radical (unpaired) electrons. The van der Waals surface area contributed by atoms with Crippen molar-refractivity contribution >= 4 is 29.0 Å². The van der Waals surface area contributed by atoms with Gasteiger partial charge in [-0.05, 0) is 25.3 Å². The van der Waals surface area contributed by atoms with Crippen molar-refractivity contribution in [3.05, 3.63) is 39.9 Å². The van der Waals surface area contributed by atoms with Crippen molar-refractivity contribution in [2.24, 2.45) is 5.92 Å². The van der Waals surface area contributed by atoms with Gasteiger partial charge in [0.15, 0.2) is 5.82 Å². The summed E-state index contributed by atoms with van der Waals surface area (Å²) in [6.45, 7) is 5.84. The molecule has 2 aromatic rings. The van der Waals surface area contributed by atoms with E-state index >= 15 is 0 Å². The van der Waals surface area contributed by atoms with Crippen LogP contribution in [0.3, 0.4) is 0 Å². The van der Waals surface area contributed by atoms with Gasteiger partial charge in [0.05, 0.1) is 49.3 Å². The third-order valence-electron chi connectivity index (χ3n) is 7.32. The van der Waals surface area contributed by atoms with Gasteiger partial charge in [0.2, 0.25) is 5.91 Å². The van der Waals surface area contributed by atoms with Gasteiger partial charge in [-0.25, -0.2) is 10.1 Å². The van der Waals surface area contributed by atoms with Crippen LogP contribution in [0.15, 0.2) is 23.3 Å². The number of hydrogen-bond donors (Lipinski definition) is 2. The van der Waals surface area contributed by atoms with Crippen LogP contribution in [0.1, 0.15) is 44.7 Å². The van der Waals surface area contributed by atoms with Gasteiger partial charge in [-0.1, -0.05) is 13.8 Å². The summed E-state index contributed by atoms with van der Waals surface area (Å²) in [6.07, 6.45) is -7.45. The lowest BCUT2D eigenvalue weighted by Crippen LogP contribution is -2.64. The summed E-state index contributed by atoms with van der Waals surface area (Å²) < 4.78 is 85.6. The highest BCUT2D eigenvalue weighted by molar-refractivity contribution is 6.05. The molecule has 1 fully saturated rings. The number of aromatic nitrogens is 3. The number of aromatic amines is 1. The van der Waals surface area contributed by atoms with Gasteiger partial charge in [0.25, 0.3) is 11.5 Å². The van der Waals surface area contributed by atoms with E-state index in [0.29, 0.717) is 6.42 Å². The maximum absolute atomic E-state index is 13.6. The molecule has 1 saturated heterocycles. The van der Waals surface area contributed by atoms with E-state index in [1.807, 2.05) is 13.8 Å². The quantitative estimate of drug-likeness (QED) is 0.301. The molecule has 0 bridgehead atoms. The Morgan fingerprint density at radius 1 is 1.11 bits per heavy atom. The van der Waals surface area contributed by atoms with Crippen LogP contribution < -0.4 is 20.7 Å². The number of hydrogen-bond acceptors (Lipinski definition) is 8. The summed E-state index contributed by atoms with van der Waals surface area (Å²) in [5.74, 6) is -0.298. The zero-order valence-corrected chi connectivity index (χ0v) is 24.3. The van der Waals surface area contributed by atoms with Crippen molar-refractivity contribution in [2.75, 3.05) is 54.5 Å². The number of anilines is 3. The Hall–Kier alpha value is -3.89. The number of piperazine rings is 1. The van der Waals surface area contributed by atoms with Gasteiger partial charge in [-0.3, -0.25) is 14.4 Å². The lowest BCUT2D eigenvalue weighted by molar-refractivity contribution is -0.138. The third kappa shape index (κ3) is 7.42. The maximum Gasteiger partial charge on any atom is 0.423 e. The van der Waals surface area contributed by atoms with Gasteiger partial charge >= 0.3 is 12.4 Å². The number of halogens is 6. The summed E-state index contributed by atoms with van der Waals surface area (Å²) in [6, 6.07) is -0.551. The number of rotatable bonds is 10. The van der Waals surface area contributed by atoms with Crippen molar-refractivity contribution < 1.29 is 40.7 Å². The Morgan fingerprint density at radius 3 is 2.50 bits per heavy atom. The van der Waals surface area contributed by atoms with Crippen molar-refractivity contribution in [3.63, 3.8) is 0 Å². The van der Waals surface area contributed by atoms with Crippen LogP contribution in [0.4, 0.5) is 43.5 Å². The van der Waals surface area contributed by atoms with Crippen LogP contribution in [-0.2, 0) is 26.7 Å². The Morgan fingerprint density at radius 2 is 1.84 bits per heavy atom. The standard InChI is InChI=1S/C27H33F6N7O4/c1-15(2)4-6-40-19-10-17(26(28,29)30)11-34-23(19)39-8-7-38(13-20(39)25(40)43)21(41)5-9-44-14-16(3)36-18-12-35-37-24(42)22(18)27(31,32)33/h10-12,15-16,20H,4-9,13-14H2,1-3H3,(H2,36,37,42)/t16-,20?/m0/s1. The molecule has 1 unspecified atom stereocenters. The first-order valence-corrected chi connectivity index (χ1v) is 14.0. The smallest absolute Gasteiger partial charge is 0.379 e. The zero-order valence-electron chi connectivity index (χ0n) is 24.3. The summed E-state index contributed by atoms with van der Waals surface area (Å²) in [5.41, 5.74) is -4.16. The molecule has 2 amide bonds. The van der Waals surface area contributed by atoms with Crippen LogP contribution >= 0.6 is 0 Å². The summed E-state index contributed by atoms with van der Waals surface area (Å²) in [4.78, 5) is 46.7. The molecular weight excluding hydrogens is 600 g/mol. The minimum atomic E-state index is -4.90. The molecule has 2 aliphatic rings. The topological polar surface area (TPSA) is 124 Å². The Bertz CT molecular complexity index is 1410. The van der Waals surface area contributed by atoms with E-state index < -0.39 is 52.7 Å². The first kappa shape index (κ1) is 33.0. The minimum Gasteiger partial charge on any atom is -0.379 e. The Balaban J connectivity index is 1.36. The lowest BCUT2D eigenvalue weighted by atomic mass is 10.0. The number of nitrogens with zero attached hydrogens (tertiary/aromatic N) is 5. The number of ether oxygens (including phenoxy) is 1. The highest BCUT2D eigenvalue weighted by Crippen LogP contribution is 2.40. The van der Waals surface area contributed by atoms with Crippen LogP contribution in [0.25, 0.3) is 0 Å². The predicted molar refractivity (Wildman–Crippen MR) is 147 cm³/mol. The van der Waals surface area contributed by atoms with Gasteiger partial charge in [-0.2, -0.15) is 31.4 Å². The number of carbonyl (C=O) groups is 2. The second-order valence-electron chi connectivity index (χ2n) is 11.1. The van der Waals surface area contributed by atoms with Crippen molar-refractivity contribution in [3.8, 4) is 0 Å². The summed E-state index contributed by atoms with van der Waals surface area (Å²) >= 11 is 0. The maximum atomic E-state index is 13.6. The second-order valence-corrected chi connectivity index (χ2v) is 11.1. The highest BCUT2D eigenvalue weighted by Gasteiger charge is 2.44. The van der Waals surface area contributed by atoms with E-state index in [9.17, 15) is 40.7 Å². The van der Waals surface area contributed by atoms with Crippen molar-refractivity contribution in [2.45, 2.75) is 58.0 Å². The molecule has 0 aliphatic carbocycles. The molecular formula is C27H33F6N7O4. The fourth-order valence-corrected chi connectivity index (χ4v) is 5.09. The molecule has 0 saturated carbocycles. The first-order valence-electron chi connectivity index (χ1n) is 14.0. The number of nitrogens with one attached hydrogen (secondary N) is 2. The molecule has 2 atom stereocenters. The van der Waals surface area contributed by atoms with E-state index in [0.717, 1.165) is 18.5 Å². The van der Waals surface area contributed by atoms with Gasteiger partial charge in [0, 0.05) is 31.9 Å². The SMILES string of the molecule is CC(C)CCN1C(=O)C2CN(C(=O)CCOC[C@H](C)Nc3cn[nH]c(=O)c3C(F)(F)F)CCN2c2ncc(C(F)(F)F)cc21. The number of pyridine rings is 1.